The standard InChI is InChI=1S/C24H26N4O3/c1-16-13-22(28(17(2)29)19-10-6-5-7-11-19)21-15-25-26(3)23(21)27(16)24(30)18-9-8-12-20(14-18)31-4/h5-12,14-16,22H,13H2,1-4H3. The van der Waals surface area contributed by atoms with Gasteiger partial charge in [0, 0.05) is 36.8 Å². The SMILES string of the molecule is COc1cccc(C(=O)N2c3c(cnn3C)C(N(C(C)=O)c3ccccc3)CC2C)c1. The lowest BCUT2D eigenvalue weighted by Gasteiger charge is -2.41. The minimum atomic E-state index is -0.215. The maximum absolute atomic E-state index is 13.5. The van der Waals surface area contributed by atoms with Crippen molar-refractivity contribution in [2.45, 2.75) is 32.4 Å². The molecule has 0 spiro atoms. The van der Waals surface area contributed by atoms with Crippen molar-refractivity contribution in [2.24, 2.45) is 7.05 Å². The topological polar surface area (TPSA) is 67.7 Å². The Labute approximate surface area is 181 Å². The molecular weight excluding hydrogens is 392 g/mol. The monoisotopic (exact) mass is 418 g/mol. The lowest BCUT2D eigenvalue weighted by molar-refractivity contribution is -0.117. The first kappa shape index (κ1) is 20.7. The molecule has 2 unspecified atom stereocenters. The quantitative estimate of drug-likeness (QED) is 0.643. The minimum absolute atomic E-state index is 0.0502. The Kier molecular flexibility index (Phi) is 5.50. The molecule has 0 bridgehead atoms. The van der Waals surface area contributed by atoms with Crippen LogP contribution in [0.3, 0.4) is 0 Å². The number of aryl methyl sites for hydroxylation is 1. The van der Waals surface area contributed by atoms with Crippen molar-refractivity contribution >= 4 is 23.3 Å². The fourth-order valence-electron chi connectivity index (χ4n) is 4.35. The van der Waals surface area contributed by atoms with E-state index in [-0.39, 0.29) is 23.9 Å². The fraction of sp³-hybridized carbons (Fsp3) is 0.292. The summed E-state index contributed by atoms with van der Waals surface area (Å²) < 4.78 is 7.00. The second-order valence-electron chi connectivity index (χ2n) is 7.78. The molecule has 2 atom stereocenters. The molecule has 0 saturated heterocycles. The molecule has 7 heteroatoms. The van der Waals surface area contributed by atoms with Crippen LogP contribution in [0.4, 0.5) is 11.5 Å². The van der Waals surface area contributed by atoms with Crippen LogP contribution in [-0.4, -0.2) is 34.7 Å². The van der Waals surface area contributed by atoms with Crippen molar-refractivity contribution in [1.82, 2.24) is 9.78 Å². The number of amides is 2. The van der Waals surface area contributed by atoms with Gasteiger partial charge in [-0.05, 0) is 43.7 Å². The van der Waals surface area contributed by atoms with Crippen LogP contribution >= 0.6 is 0 Å². The molecule has 1 aliphatic heterocycles. The number of carbonyl (C=O) groups is 2. The minimum Gasteiger partial charge on any atom is -0.497 e. The smallest absolute Gasteiger partial charge is 0.259 e. The average Bonchev–Trinajstić information content (AvgIpc) is 3.15. The van der Waals surface area contributed by atoms with Gasteiger partial charge in [0.05, 0.1) is 19.3 Å². The second kappa shape index (κ2) is 8.26. The number of hydrogen-bond donors (Lipinski definition) is 0. The highest BCUT2D eigenvalue weighted by Crippen LogP contribution is 2.42. The van der Waals surface area contributed by atoms with Crippen molar-refractivity contribution in [2.75, 3.05) is 16.9 Å². The first-order chi connectivity index (χ1) is 14.9. The molecule has 1 aromatic heterocycles. The van der Waals surface area contributed by atoms with Crippen LogP contribution < -0.4 is 14.5 Å². The average molecular weight is 418 g/mol. The highest BCUT2D eigenvalue weighted by atomic mass is 16.5. The lowest BCUT2D eigenvalue weighted by Crippen LogP contribution is -2.48. The summed E-state index contributed by atoms with van der Waals surface area (Å²) in [5, 5.41) is 4.44. The van der Waals surface area contributed by atoms with Crippen LogP contribution in [0.15, 0.2) is 60.8 Å². The summed E-state index contributed by atoms with van der Waals surface area (Å²) in [5.41, 5.74) is 2.23. The zero-order valence-electron chi connectivity index (χ0n) is 18.1. The Hall–Kier alpha value is -3.61. The molecule has 2 aromatic carbocycles. The Morgan fingerprint density at radius 2 is 1.87 bits per heavy atom. The number of ether oxygens (including phenoxy) is 1. The Morgan fingerprint density at radius 3 is 2.55 bits per heavy atom. The van der Waals surface area contributed by atoms with E-state index in [0.29, 0.717) is 23.6 Å². The summed E-state index contributed by atoms with van der Waals surface area (Å²) >= 11 is 0. The van der Waals surface area contributed by atoms with E-state index in [2.05, 4.69) is 5.10 Å². The molecule has 0 aliphatic carbocycles. The molecule has 4 rings (SSSR count). The number of hydrogen-bond acceptors (Lipinski definition) is 4. The third-order valence-electron chi connectivity index (χ3n) is 5.75. The summed E-state index contributed by atoms with van der Waals surface area (Å²) in [6.07, 6.45) is 2.36. The van der Waals surface area contributed by atoms with Gasteiger partial charge in [-0.25, -0.2) is 0 Å². The number of fused-ring (bicyclic) bond motifs is 1. The first-order valence-corrected chi connectivity index (χ1v) is 10.3. The van der Waals surface area contributed by atoms with Crippen LogP contribution in [0.25, 0.3) is 0 Å². The van der Waals surface area contributed by atoms with E-state index in [4.69, 9.17) is 4.74 Å². The Bertz CT molecular complexity index is 1110. The van der Waals surface area contributed by atoms with Gasteiger partial charge in [-0.1, -0.05) is 24.3 Å². The first-order valence-electron chi connectivity index (χ1n) is 10.3. The number of carbonyl (C=O) groups excluding carboxylic acids is 2. The molecule has 0 fully saturated rings. The molecule has 1 aliphatic rings. The van der Waals surface area contributed by atoms with Gasteiger partial charge in [-0.3, -0.25) is 19.2 Å². The molecule has 0 saturated carbocycles. The van der Waals surface area contributed by atoms with Gasteiger partial charge in [0.25, 0.3) is 5.91 Å². The van der Waals surface area contributed by atoms with E-state index in [1.165, 1.54) is 0 Å². The molecular formula is C24H26N4O3. The van der Waals surface area contributed by atoms with E-state index in [0.717, 1.165) is 11.3 Å². The van der Waals surface area contributed by atoms with Crippen LogP contribution in [0.2, 0.25) is 0 Å². The molecule has 0 radical (unpaired) electrons. The summed E-state index contributed by atoms with van der Waals surface area (Å²) in [6, 6.07) is 16.4. The summed E-state index contributed by atoms with van der Waals surface area (Å²) in [6.45, 7) is 3.58. The number of rotatable bonds is 4. The normalized spacial score (nSPS) is 17.7. The molecule has 3 aromatic rings. The number of benzene rings is 2. The molecule has 0 N–H and O–H groups in total. The van der Waals surface area contributed by atoms with Gasteiger partial charge in [-0.2, -0.15) is 5.10 Å². The predicted molar refractivity (Wildman–Crippen MR) is 119 cm³/mol. The van der Waals surface area contributed by atoms with E-state index in [1.54, 1.807) is 52.9 Å². The highest BCUT2D eigenvalue weighted by Gasteiger charge is 2.40. The Morgan fingerprint density at radius 1 is 1.13 bits per heavy atom. The third kappa shape index (κ3) is 3.67. The van der Waals surface area contributed by atoms with Crippen LogP contribution in [0, 0.1) is 0 Å². The van der Waals surface area contributed by atoms with Gasteiger partial charge in [-0.15, -0.1) is 0 Å². The summed E-state index contributed by atoms with van der Waals surface area (Å²) in [4.78, 5) is 29.8. The van der Waals surface area contributed by atoms with Crippen molar-refractivity contribution in [1.29, 1.82) is 0 Å². The van der Waals surface area contributed by atoms with E-state index in [1.807, 2.05) is 50.4 Å². The zero-order valence-corrected chi connectivity index (χ0v) is 18.1. The van der Waals surface area contributed by atoms with Crippen LogP contribution in [0.1, 0.15) is 42.2 Å². The number of methoxy groups -OCH3 is 1. The number of aromatic nitrogens is 2. The third-order valence-corrected chi connectivity index (χ3v) is 5.75. The summed E-state index contributed by atoms with van der Waals surface area (Å²) in [5.74, 6) is 1.17. The van der Waals surface area contributed by atoms with Crippen LogP contribution in [0.5, 0.6) is 5.75 Å². The molecule has 2 heterocycles. The maximum atomic E-state index is 13.5. The summed E-state index contributed by atoms with van der Waals surface area (Å²) in [7, 11) is 3.40. The fourth-order valence-corrected chi connectivity index (χ4v) is 4.35. The predicted octanol–water partition coefficient (Wildman–Crippen LogP) is 3.96. The Balaban J connectivity index is 1.78. The zero-order chi connectivity index (χ0) is 22.1. The van der Waals surface area contributed by atoms with E-state index in [9.17, 15) is 9.59 Å². The van der Waals surface area contributed by atoms with E-state index >= 15 is 0 Å². The largest absolute Gasteiger partial charge is 0.497 e. The number of nitrogens with zero attached hydrogens (tertiary/aromatic N) is 4. The number of anilines is 2. The highest BCUT2D eigenvalue weighted by molar-refractivity contribution is 6.07. The number of para-hydroxylation sites is 1. The van der Waals surface area contributed by atoms with Gasteiger partial charge in [0.1, 0.15) is 11.6 Å². The molecule has 160 valence electrons. The van der Waals surface area contributed by atoms with Gasteiger partial charge < -0.3 is 9.64 Å². The maximum Gasteiger partial charge on any atom is 0.259 e. The van der Waals surface area contributed by atoms with Gasteiger partial charge >= 0.3 is 0 Å². The second-order valence-corrected chi connectivity index (χ2v) is 7.78. The van der Waals surface area contributed by atoms with Crippen molar-refractivity contribution < 1.29 is 14.3 Å². The van der Waals surface area contributed by atoms with Crippen LogP contribution in [-0.2, 0) is 11.8 Å². The molecule has 31 heavy (non-hydrogen) atoms. The molecule has 2 amide bonds. The molecule has 7 nitrogen and oxygen atoms in total. The van der Waals surface area contributed by atoms with Crippen molar-refractivity contribution in [3.05, 3.63) is 71.9 Å². The van der Waals surface area contributed by atoms with Gasteiger partial charge in [0.15, 0.2) is 0 Å². The van der Waals surface area contributed by atoms with Crippen molar-refractivity contribution in [3.63, 3.8) is 0 Å². The lowest BCUT2D eigenvalue weighted by atomic mass is 9.93. The van der Waals surface area contributed by atoms with Crippen molar-refractivity contribution in [3.8, 4) is 5.75 Å². The van der Waals surface area contributed by atoms with E-state index < -0.39 is 0 Å². The van der Waals surface area contributed by atoms with Gasteiger partial charge in [0.2, 0.25) is 5.91 Å².